The molecule has 6 nitrogen and oxygen atoms in total. The average molecular weight is 1690 g/mol. The molecule has 2 aromatic carbocycles. The molecule has 0 radical (unpaired) electrons. The first-order valence-electron chi connectivity index (χ1n) is 53.8. The number of nitrogens with zero attached hydrogens (tertiary/aromatic N) is 2. The van der Waals surface area contributed by atoms with E-state index in [4.69, 9.17) is 10.2 Å². The topological polar surface area (TPSA) is 74.6 Å². The number of carboxylic acids is 2. The lowest BCUT2D eigenvalue weighted by atomic mass is 10.0. The van der Waals surface area contributed by atoms with Crippen LogP contribution in [-0.2, 0) is 0 Å². The van der Waals surface area contributed by atoms with Gasteiger partial charge in [-0.3, -0.25) is 0 Å². The molecule has 0 heterocycles. The first-order valence-corrected chi connectivity index (χ1v) is 55.9. The van der Waals surface area contributed by atoms with Gasteiger partial charge in [0.25, 0.3) is 0 Å². The zero-order valence-electron chi connectivity index (χ0n) is 81.3. The summed E-state index contributed by atoms with van der Waals surface area (Å²) in [5.41, 5.74) is 0.510. The summed E-state index contributed by atoms with van der Waals surface area (Å²) in [5, 5.41) is 17.6. The minimum absolute atomic E-state index is 0.255. The highest BCUT2D eigenvalue weighted by atomic mass is 33.1. The van der Waals surface area contributed by atoms with Gasteiger partial charge in [-0.2, -0.15) is 0 Å². The third kappa shape index (κ3) is 79.9. The number of quaternary nitrogens is 2. The van der Waals surface area contributed by atoms with Crippen LogP contribution < -0.4 is 0 Å². The molecule has 0 aliphatic heterocycles. The number of rotatable bonds is 93. The minimum Gasteiger partial charge on any atom is -0.478 e. The van der Waals surface area contributed by atoms with Crippen molar-refractivity contribution >= 4 is 33.5 Å². The number of unbranched alkanes of at least 4 members (excludes halogenated alkanes) is 72. The second-order valence-electron chi connectivity index (χ2n) is 37.8. The summed E-state index contributed by atoms with van der Waals surface area (Å²) < 4.78 is 2.98. The van der Waals surface area contributed by atoms with Crippen LogP contribution in [0.15, 0.2) is 58.3 Å². The van der Waals surface area contributed by atoms with Crippen molar-refractivity contribution in [2.45, 2.75) is 579 Å². The van der Waals surface area contributed by atoms with E-state index in [1.54, 1.807) is 48.5 Å². The predicted octanol–water partition coefficient (Wildman–Crippen LogP) is 38.9. The van der Waals surface area contributed by atoms with Gasteiger partial charge in [-0.15, -0.1) is 0 Å². The minimum atomic E-state index is -0.946. The summed E-state index contributed by atoms with van der Waals surface area (Å²) in [7, 11) is 2.97. The van der Waals surface area contributed by atoms with Crippen LogP contribution in [0.2, 0.25) is 0 Å². The second kappa shape index (κ2) is 94.1. The van der Waals surface area contributed by atoms with Gasteiger partial charge in [-0.05, 0) is 151 Å². The highest BCUT2D eigenvalue weighted by Crippen LogP contribution is 2.38. The number of aromatic carboxylic acids is 2. The van der Waals surface area contributed by atoms with Crippen molar-refractivity contribution < 1.29 is 28.8 Å². The van der Waals surface area contributed by atoms with Gasteiger partial charge in [0.15, 0.2) is 0 Å². The molecular weight excluding hydrogens is 1480 g/mol. The Morgan fingerprint density at radius 3 is 0.381 bits per heavy atom. The Morgan fingerprint density at radius 2 is 0.280 bits per heavy atom. The maximum absolute atomic E-state index is 10.7. The standard InChI is InChI=1S/2C48H100N.C14H10O4S2/c2*1-5-9-13-17-21-25-29-33-37-41-45-49(46-42-38-34-30-26-22-18-14-10-6-2,47-43-39-35-31-27-23-19-15-11-7-3)48-44-40-36-32-28-24-20-16-12-8-4;15-13(16)9-1-5-11(6-2-9)19-20-12-7-3-10(4-8-12)14(17)18/h2*5-48H2,1-4H3;1-8H,(H,15,16)(H,17,18)/q2*+1;. The lowest BCUT2D eigenvalue weighted by molar-refractivity contribution is -0.929. The second-order valence-corrected chi connectivity index (χ2v) is 40.0. The molecular formula is C110H210N2O4S2+2. The van der Waals surface area contributed by atoms with Crippen LogP contribution in [0.25, 0.3) is 0 Å². The Labute approximate surface area is 748 Å². The van der Waals surface area contributed by atoms with Crippen LogP contribution in [-0.4, -0.2) is 83.5 Å². The highest BCUT2D eigenvalue weighted by molar-refractivity contribution is 8.76. The van der Waals surface area contributed by atoms with E-state index in [0.717, 1.165) is 9.79 Å². The van der Waals surface area contributed by atoms with Gasteiger partial charge >= 0.3 is 11.9 Å². The maximum Gasteiger partial charge on any atom is 0.335 e. The van der Waals surface area contributed by atoms with E-state index in [1.807, 2.05) is 0 Å². The van der Waals surface area contributed by atoms with E-state index in [-0.39, 0.29) is 11.1 Å². The molecule has 2 rings (SSSR count). The average Bonchev–Trinajstić information content (AvgIpc) is 0.888. The van der Waals surface area contributed by atoms with Gasteiger partial charge < -0.3 is 19.2 Å². The van der Waals surface area contributed by atoms with E-state index in [9.17, 15) is 9.59 Å². The van der Waals surface area contributed by atoms with Crippen molar-refractivity contribution in [1.29, 1.82) is 0 Å². The van der Waals surface area contributed by atoms with Crippen molar-refractivity contribution in [3.63, 3.8) is 0 Å². The number of carbonyl (C=O) groups is 2. The Morgan fingerprint density at radius 1 is 0.178 bits per heavy atom. The molecule has 0 aliphatic carbocycles. The quantitative estimate of drug-likeness (QED) is 0.0391. The van der Waals surface area contributed by atoms with Crippen LogP contribution in [0.1, 0.15) is 590 Å². The molecule has 2 N–H and O–H groups in total. The van der Waals surface area contributed by atoms with Crippen LogP contribution in [0.3, 0.4) is 0 Å². The van der Waals surface area contributed by atoms with Gasteiger partial charge in [0.2, 0.25) is 0 Å². The van der Waals surface area contributed by atoms with Crippen molar-refractivity contribution in [3.05, 3.63) is 59.7 Å². The number of hydrogen-bond acceptors (Lipinski definition) is 4. The van der Waals surface area contributed by atoms with E-state index in [1.165, 1.54) is 597 Å². The van der Waals surface area contributed by atoms with Gasteiger partial charge in [0, 0.05) is 9.79 Å². The summed E-state index contributed by atoms with van der Waals surface area (Å²) >= 11 is 0. The lowest BCUT2D eigenvalue weighted by Crippen LogP contribution is -2.50. The highest BCUT2D eigenvalue weighted by Gasteiger charge is 2.28. The SMILES string of the molecule is CCCCCCCCCCCC[N+](CCCCCCCCCCCC)(CCCCCCCCCCCC)CCCCCCCCCCCC.CCCCCCCCCCCC[N+](CCCCCCCCCCCC)(CCCCCCCCCCCC)CCCCCCCCCCCC.O=C(O)c1ccc(SSc2ccc(C(=O)O)cc2)cc1. The Kier molecular flexibility index (Phi) is 92.5. The molecule has 0 fully saturated rings. The van der Waals surface area contributed by atoms with Crippen molar-refractivity contribution in [3.8, 4) is 0 Å². The molecule has 694 valence electrons. The first kappa shape index (κ1) is 116. The summed E-state index contributed by atoms with van der Waals surface area (Å²) in [6.45, 7) is 30.6. The summed E-state index contributed by atoms with van der Waals surface area (Å²) in [5.74, 6) is -1.89. The third-order valence-electron chi connectivity index (χ3n) is 26.3. The van der Waals surface area contributed by atoms with E-state index in [2.05, 4.69) is 55.4 Å². The largest absolute Gasteiger partial charge is 0.478 e. The molecule has 0 atom stereocenters. The summed E-state index contributed by atoms with van der Waals surface area (Å²) in [6.07, 6.45) is 117. The summed E-state index contributed by atoms with van der Waals surface area (Å²) in [6, 6.07) is 13.2. The van der Waals surface area contributed by atoms with E-state index < -0.39 is 11.9 Å². The number of hydrogen-bond donors (Lipinski definition) is 2. The van der Waals surface area contributed by atoms with Gasteiger partial charge in [-0.25, -0.2) is 9.59 Å². The molecule has 8 heteroatoms. The number of carboxylic acid groups (broad SMARTS) is 2. The molecule has 0 amide bonds. The third-order valence-corrected chi connectivity index (χ3v) is 28.7. The van der Waals surface area contributed by atoms with Crippen LogP contribution >= 0.6 is 21.6 Å². The van der Waals surface area contributed by atoms with Crippen LogP contribution in [0.5, 0.6) is 0 Å². The van der Waals surface area contributed by atoms with Crippen molar-refractivity contribution in [2.75, 3.05) is 52.4 Å². The van der Waals surface area contributed by atoms with E-state index >= 15 is 0 Å². The van der Waals surface area contributed by atoms with Crippen molar-refractivity contribution in [1.82, 2.24) is 0 Å². The predicted molar refractivity (Wildman–Crippen MR) is 533 cm³/mol. The zero-order chi connectivity index (χ0) is 85.8. The van der Waals surface area contributed by atoms with E-state index in [0.29, 0.717) is 0 Å². The molecule has 0 aromatic heterocycles. The van der Waals surface area contributed by atoms with Gasteiger partial charge in [-0.1, -0.05) is 488 Å². The lowest BCUT2D eigenvalue weighted by Gasteiger charge is -2.40. The number of benzene rings is 2. The van der Waals surface area contributed by atoms with Crippen LogP contribution in [0, 0.1) is 0 Å². The Hall–Kier alpha value is -2.00. The fraction of sp³-hybridized carbons (Fsp3) is 0.873. The molecule has 0 saturated carbocycles. The van der Waals surface area contributed by atoms with Gasteiger partial charge in [0.05, 0.1) is 63.5 Å². The Bertz CT molecular complexity index is 1910. The normalized spacial score (nSPS) is 11.7. The monoisotopic (exact) mass is 1690 g/mol. The maximum atomic E-state index is 10.7. The van der Waals surface area contributed by atoms with Crippen molar-refractivity contribution in [2.24, 2.45) is 0 Å². The molecule has 0 saturated heterocycles. The summed E-state index contributed by atoms with van der Waals surface area (Å²) in [4.78, 5) is 23.3. The molecule has 0 aliphatic rings. The molecule has 0 bridgehead atoms. The molecule has 0 unspecified atom stereocenters. The molecule has 118 heavy (non-hydrogen) atoms. The fourth-order valence-electron chi connectivity index (χ4n) is 18.2. The molecule has 2 aromatic rings. The Balaban J connectivity index is 0.00000188. The van der Waals surface area contributed by atoms with Crippen LogP contribution in [0.4, 0.5) is 0 Å². The first-order chi connectivity index (χ1) is 58.0. The smallest absolute Gasteiger partial charge is 0.335 e. The zero-order valence-corrected chi connectivity index (χ0v) is 82.9. The fourth-order valence-corrected chi connectivity index (χ4v) is 20.2. The van der Waals surface area contributed by atoms with Gasteiger partial charge in [0.1, 0.15) is 0 Å². The molecule has 0 spiro atoms.